The molecule has 2 aliphatic rings. The van der Waals surface area contributed by atoms with Crippen molar-refractivity contribution >= 4 is 0 Å². The quantitative estimate of drug-likeness (QED) is 0.756. The number of hydrogen-bond acceptors (Lipinski definition) is 3. The Balaban J connectivity index is 1.80. The molecule has 15 heavy (non-hydrogen) atoms. The molecule has 0 aromatic heterocycles. The molecule has 3 unspecified atom stereocenters. The van der Waals surface area contributed by atoms with E-state index in [1.807, 2.05) is 0 Å². The van der Waals surface area contributed by atoms with E-state index in [2.05, 4.69) is 30.1 Å². The van der Waals surface area contributed by atoms with Crippen LogP contribution >= 0.6 is 0 Å². The van der Waals surface area contributed by atoms with Gasteiger partial charge in [0.25, 0.3) is 0 Å². The fraction of sp³-hybridized carbons (Fsp3) is 0.917. The van der Waals surface area contributed by atoms with Crippen molar-refractivity contribution in [2.75, 3.05) is 13.1 Å². The first kappa shape index (κ1) is 10.9. The van der Waals surface area contributed by atoms with E-state index in [1.165, 1.54) is 19.3 Å². The molecule has 2 fully saturated rings. The Labute approximate surface area is 92.4 Å². The molecule has 0 bridgehead atoms. The summed E-state index contributed by atoms with van der Waals surface area (Å²) < 4.78 is 0. The first-order valence-electron chi connectivity index (χ1n) is 6.08. The first-order valence-corrected chi connectivity index (χ1v) is 6.08. The highest BCUT2D eigenvalue weighted by Gasteiger charge is 2.30. The molecular formula is C12H21N3. The van der Waals surface area contributed by atoms with Crippen LogP contribution in [0, 0.1) is 17.2 Å². The molecule has 1 N–H and O–H groups in total. The molecule has 1 heterocycles. The van der Waals surface area contributed by atoms with Crippen LogP contribution in [0.4, 0.5) is 0 Å². The second kappa shape index (κ2) is 4.51. The molecule has 2 rings (SSSR count). The summed E-state index contributed by atoms with van der Waals surface area (Å²) >= 11 is 0. The molecular weight excluding hydrogens is 186 g/mol. The number of likely N-dealkylation sites (tertiary alicyclic amines) is 1. The smallest absolute Gasteiger partial charge is 0.108 e. The summed E-state index contributed by atoms with van der Waals surface area (Å²) in [7, 11) is 0. The second-order valence-corrected chi connectivity index (χ2v) is 5.27. The number of nitrogens with one attached hydrogen (secondary N) is 1. The standard InChI is InChI=1S/C12H21N3/c1-9-5-10(2)15(7-9)8-12(6-13)14-11-3-4-11/h9-12,14H,3-5,7-8H2,1-2H3. The summed E-state index contributed by atoms with van der Waals surface area (Å²) in [5.74, 6) is 0.792. The van der Waals surface area contributed by atoms with Crippen molar-refractivity contribution in [3.8, 4) is 6.07 Å². The third-order valence-electron chi connectivity index (χ3n) is 3.50. The van der Waals surface area contributed by atoms with Crippen LogP contribution in [-0.4, -0.2) is 36.1 Å². The van der Waals surface area contributed by atoms with Crippen LogP contribution in [0.15, 0.2) is 0 Å². The average Bonchev–Trinajstić information content (AvgIpc) is 2.93. The van der Waals surface area contributed by atoms with Gasteiger partial charge >= 0.3 is 0 Å². The Kier molecular flexibility index (Phi) is 3.28. The Hall–Kier alpha value is -0.590. The largest absolute Gasteiger partial charge is 0.298 e. The van der Waals surface area contributed by atoms with Crippen molar-refractivity contribution in [3.05, 3.63) is 0 Å². The zero-order valence-corrected chi connectivity index (χ0v) is 9.74. The third-order valence-corrected chi connectivity index (χ3v) is 3.50. The topological polar surface area (TPSA) is 39.1 Å². The Morgan fingerprint density at radius 1 is 1.47 bits per heavy atom. The van der Waals surface area contributed by atoms with E-state index in [0.29, 0.717) is 12.1 Å². The van der Waals surface area contributed by atoms with Gasteiger partial charge in [0, 0.05) is 25.2 Å². The summed E-state index contributed by atoms with van der Waals surface area (Å²) in [5, 5.41) is 12.5. The highest BCUT2D eigenvalue weighted by atomic mass is 15.2. The summed E-state index contributed by atoms with van der Waals surface area (Å²) in [6.07, 6.45) is 3.79. The number of hydrogen-bond donors (Lipinski definition) is 1. The maximum Gasteiger partial charge on any atom is 0.108 e. The van der Waals surface area contributed by atoms with Gasteiger partial charge in [-0.3, -0.25) is 10.2 Å². The van der Waals surface area contributed by atoms with Gasteiger partial charge in [0.1, 0.15) is 6.04 Å². The monoisotopic (exact) mass is 207 g/mol. The van der Waals surface area contributed by atoms with E-state index in [-0.39, 0.29) is 6.04 Å². The van der Waals surface area contributed by atoms with Crippen LogP contribution in [0.5, 0.6) is 0 Å². The van der Waals surface area contributed by atoms with Gasteiger partial charge < -0.3 is 0 Å². The van der Waals surface area contributed by atoms with E-state index >= 15 is 0 Å². The predicted octanol–water partition coefficient (Wildman–Crippen LogP) is 1.36. The van der Waals surface area contributed by atoms with Crippen LogP contribution in [0.2, 0.25) is 0 Å². The van der Waals surface area contributed by atoms with E-state index in [0.717, 1.165) is 19.0 Å². The van der Waals surface area contributed by atoms with Crippen LogP contribution < -0.4 is 5.32 Å². The minimum Gasteiger partial charge on any atom is -0.298 e. The fourth-order valence-electron chi connectivity index (χ4n) is 2.54. The molecule has 1 aliphatic carbocycles. The lowest BCUT2D eigenvalue weighted by molar-refractivity contribution is 0.248. The van der Waals surface area contributed by atoms with Crippen molar-refractivity contribution < 1.29 is 0 Å². The van der Waals surface area contributed by atoms with E-state index in [4.69, 9.17) is 5.26 Å². The van der Waals surface area contributed by atoms with E-state index in [1.54, 1.807) is 0 Å². The van der Waals surface area contributed by atoms with Crippen molar-refractivity contribution in [2.24, 2.45) is 5.92 Å². The SMILES string of the molecule is CC1CC(C)N(CC(C#N)NC2CC2)C1. The molecule has 0 radical (unpaired) electrons. The number of nitrogens with zero attached hydrogens (tertiary/aromatic N) is 2. The normalized spacial score (nSPS) is 33.9. The lowest BCUT2D eigenvalue weighted by atomic mass is 10.1. The molecule has 1 aliphatic heterocycles. The van der Waals surface area contributed by atoms with Crippen molar-refractivity contribution in [1.29, 1.82) is 5.26 Å². The van der Waals surface area contributed by atoms with Crippen LogP contribution in [0.1, 0.15) is 33.1 Å². The van der Waals surface area contributed by atoms with Crippen LogP contribution in [0.3, 0.4) is 0 Å². The number of nitriles is 1. The Bertz CT molecular complexity index is 254. The summed E-state index contributed by atoms with van der Waals surface area (Å²) in [6.45, 7) is 6.63. The van der Waals surface area contributed by atoms with Gasteiger partial charge in [0.05, 0.1) is 6.07 Å². The average molecular weight is 207 g/mol. The maximum atomic E-state index is 9.08. The third kappa shape index (κ3) is 2.93. The maximum absolute atomic E-state index is 9.08. The highest BCUT2D eigenvalue weighted by molar-refractivity contribution is 4.98. The lowest BCUT2D eigenvalue weighted by Gasteiger charge is -2.24. The molecule has 0 amide bonds. The van der Waals surface area contributed by atoms with Gasteiger partial charge in [-0.15, -0.1) is 0 Å². The van der Waals surface area contributed by atoms with Gasteiger partial charge in [0.2, 0.25) is 0 Å². The zero-order valence-electron chi connectivity index (χ0n) is 9.74. The molecule has 84 valence electrons. The van der Waals surface area contributed by atoms with Gasteiger partial charge in [-0.2, -0.15) is 5.26 Å². The molecule has 1 saturated heterocycles. The summed E-state index contributed by atoms with van der Waals surface area (Å²) in [4.78, 5) is 2.45. The number of rotatable bonds is 4. The molecule has 0 aromatic rings. The molecule has 0 aromatic carbocycles. The molecule has 0 spiro atoms. The summed E-state index contributed by atoms with van der Waals surface area (Å²) in [5.41, 5.74) is 0. The van der Waals surface area contributed by atoms with Crippen molar-refractivity contribution in [3.63, 3.8) is 0 Å². The van der Waals surface area contributed by atoms with Gasteiger partial charge in [-0.25, -0.2) is 0 Å². The van der Waals surface area contributed by atoms with Gasteiger partial charge in [-0.1, -0.05) is 6.92 Å². The molecule has 3 nitrogen and oxygen atoms in total. The minimum atomic E-state index is 0.0326. The van der Waals surface area contributed by atoms with E-state index in [9.17, 15) is 0 Å². The van der Waals surface area contributed by atoms with Crippen LogP contribution in [-0.2, 0) is 0 Å². The lowest BCUT2D eigenvalue weighted by Crippen LogP contribution is -2.42. The second-order valence-electron chi connectivity index (χ2n) is 5.27. The first-order chi connectivity index (χ1) is 7.19. The molecule has 1 saturated carbocycles. The Morgan fingerprint density at radius 3 is 2.67 bits per heavy atom. The highest BCUT2D eigenvalue weighted by Crippen LogP contribution is 2.23. The van der Waals surface area contributed by atoms with E-state index < -0.39 is 0 Å². The van der Waals surface area contributed by atoms with Crippen LogP contribution in [0.25, 0.3) is 0 Å². The fourth-order valence-corrected chi connectivity index (χ4v) is 2.54. The molecule has 3 heteroatoms. The van der Waals surface area contributed by atoms with Crippen molar-refractivity contribution in [1.82, 2.24) is 10.2 Å². The van der Waals surface area contributed by atoms with Gasteiger partial charge in [-0.05, 0) is 32.1 Å². The summed E-state index contributed by atoms with van der Waals surface area (Å²) in [6, 6.07) is 3.70. The van der Waals surface area contributed by atoms with Gasteiger partial charge in [0.15, 0.2) is 0 Å². The molecule has 3 atom stereocenters. The predicted molar refractivity (Wildman–Crippen MR) is 60.4 cm³/mol. The minimum absolute atomic E-state index is 0.0326. The Morgan fingerprint density at radius 2 is 2.20 bits per heavy atom. The van der Waals surface area contributed by atoms with Crippen molar-refractivity contribution in [2.45, 2.75) is 51.2 Å². The zero-order chi connectivity index (χ0) is 10.8.